The van der Waals surface area contributed by atoms with E-state index in [1.54, 1.807) is 0 Å². The number of benzene rings is 2. The smallest absolute Gasteiger partial charge is 0.106 e. The molecule has 0 spiro atoms. The second kappa shape index (κ2) is 6.22. The summed E-state index contributed by atoms with van der Waals surface area (Å²) in [6, 6.07) is 11.3. The molecule has 0 aliphatic rings. The Morgan fingerprint density at radius 2 is 1.68 bits per heavy atom. The van der Waals surface area contributed by atoms with Crippen molar-refractivity contribution >= 4 is 72.0 Å². The molecule has 0 saturated carbocycles. The molecular formula is C13H9Br2ClN2S. The summed E-state index contributed by atoms with van der Waals surface area (Å²) in [5.74, 6) is 0. The molecule has 0 heterocycles. The van der Waals surface area contributed by atoms with Gasteiger partial charge in [-0.1, -0.05) is 55.7 Å². The molecule has 0 atom stereocenters. The lowest BCUT2D eigenvalue weighted by Gasteiger charge is -2.13. The lowest BCUT2D eigenvalue weighted by molar-refractivity contribution is 1.50. The quantitative estimate of drug-likeness (QED) is 0.667. The van der Waals surface area contributed by atoms with Crippen molar-refractivity contribution in [2.45, 2.75) is 0 Å². The summed E-state index contributed by atoms with van der Waals surface area (Å²) in [5.41, 5.74) is 8.09. The number of nitrogens with one attached hydrogen (secondary N) is 1. The summed E-state index contributed by atoms with van der Waals surface area (Å²) in [7, 11) is 0. The largest absolute Gasteiger partial charge is 0.389 e. The van der Waals surface area contributed by atoms with Crippen LogP contribution in [-0.4, -0.2) is 4.99 Å². The molecule has 0 radical (unpaired) electrons. The van der Waals surface area contributed by atoms with Gasteiger partial charge in [0, 0.05) is 20.2 Å². The van der Waals surface area contributed by atoms with Crippen molar-refractivity contribution in [2.75, 3.05) is 5.32 Å². The monoisotopic (exact) mass is 418 g/mol. The molecule has 98 valence electrons. The van der Waals surface area contributed by atoms with Crippen molar-refractivity contribution in [3.05, 3.63) is 55.9 Å². The van der Waals surface area contributed by atoms with E-state index in [4.69, 9.17) is 29.6 Å². The van der Waals surface area contributed by atoms with Gasteiger partial charge in [-0.15, -0.1) is 0 Å². The van der Waals surface area contributed by atoms with Crippen LogP contribution in [0.15, 0.2) is 45.3 Å². The first kappa shape index (κ1) is 14.8. The van der Waals surface area contributed by atoms with Crippen LogP contribution in [0.1, 0.15) is 5.56 Å². The average Bonchev–Trinajstić information content (AvgIpc) is 2.32. The molecule has 2 nitrogen and oxygen atoms in total. The van der Waals surface area contributed by atoms with Gasteiger partial charge in [-0.3, -0.25) is 0 Å². The van der Waals surface area contributed by atoms with Crippen LogP contribution in [0.3, 0.4) is 0 Å². The molecule has 2 aromatic rings. The zero-order chi connectivity index (χ0) is 14.0. The van der Waals surface area contributed by atoms with E-state index in [1.165, 1.54) is 0 Å². The fraction of sp³-hybridized carbons (Fsp3) is 0. The summed E-state index contributed by atoms with van der Waals surface area (Å²) < 4.78 is 1.86. The number of thiocarbonyl (C=S) groups is 1. The molecule has 6 heteroatoms. The average molecular weight is 421 g/mol. The highest BCUT2D eigenvalue weighted by atomic mass is 79.9. The minimum atomic E-state index is 0.336. The molecule has 0 unspecified atom stereocenters. The Morgan fingerprint density at radius 3 is 2.32 bits per heavy atom. The Balaban J connectivity index is 2.42. The Labute approximate surface area is 138 Å². The van der Waals surface area contributed by atoms with Gasteiger partial charge in [-0.2, -0.15) is 0 Å². The number of hydrogen-bond donors (Lipinski definition) is 2. The summed E-state index contributed by atoms with van der Waals surface area (Å²) >= 11 is 18.0. The third-order valence-corrected chi connectivity index (χ3v) is 3.97. The van der Waals surface area contributed by atoms with Gasteiger partial charge in [0.1, 0.15) is 4.99 Å². The third kappa shape index (κ3) is 3.69. The number of hydrogen-bond acceptors (Lipinski definition) is 2. The minimum Gasteiger partial charge on any atom is -0.389 e. The summed E-state index contributed by atoms with van der Waals surface area (Å²) in [4.78, 5) is 0.336. The molecule has 3 N–H and O–H groups in total. The summed E-state index contributed by atoms with van der Waals surface area (Å²) in [6.45, 7) is 0. The molecule has 0 aliphatic carbocycles. The standard InChI is InChI=1S/C13H9Br2ClN2S/c14-7-2-4-11(10(16)5-7)18-12-6-8(15)1-3-9(12)13(17)19/h1-6,18H,(H2,17,19). The first-order chi connectivity index (χ1) is 8.97. The van der Waals surface area contributed by atoms with Gasteiger partial charge in [0.25, 0.3) is 0 Å². The highest BCUT2D eigenvalue weighted by Gasteiger charge is 2.08. The zero-order valence-corrected chi connectivity index (χ0v) is 14.3. The van der Waals surface area contributed by atoms with Crippen molar-refractivity contribution in [1.29, 1.82) is 0 Å². The van der Waals surface area contributed by atoms with Crippen molar-refractivity contribution in [3.8, 4) is 0 Å². The highest BCUT2D eigenvalue weighted by Crippen LogP contribution is 2.31. The van der Waals surface area contributed by atoms with E-state index in [0.29, 0.717) is 10.0 Å². The molecule has 0 aromatic heterocycles. The SMILES string of the molecule is NC(=S)c1ccc(Br)cc1Nc1ccc(Br)cc1Cl. The third-order valence-electron chi connectivity index (χ3n) is 2.45. The fourth-order valence-electron chi connectivity index (χ4n) is 1.57. The number of anilines is 2. The molecule has 2 aromatic carbocycles. The predicted octanol–water partition coefficient (Wildman–Crippen LogP) is 5.24. The molecule has 0 amide bonds. The van der Waals surface area contributed by atoms with Crippen LogP contribution < -0.4 is 11.1 Å². The highest BCUT2D eigenvalue weighted by molar-refractivity contribution is 9.10. The Kier molecular flexibility index (Phi) is 4.84. The number of halogens is 3. The zero-order valence-electron chi connectivity index (χ0n) is 9.58. The van der Waals surface area contributed by atoms with Crippen LogP contribution in [0.25, 0.3) is 0 Å². The van der Waals surface area contributed by atoms with Crippen molar-refractivity contribution in [3.63, 3.8) is 0 Å². The maximum absolute atomic E-state index is 6.18. The maximum atomic E-state index is 6.18. The van der Waals surface area contributed by atoms with Gasteiger partial charge < -0.3 is 11.1 Å². The lowest BCUT2D eigenvalue weighted by atomic mass is 10.1. The van der Waals surface area contributed by atoms with E-state index in [-0.39, 0.29) is 0 Å². The van der Waals surface area contributed by atoms with Crippen LogP contribution in [0.4, 0.5) is 11.4 Å². The van der Waals surface area contributed by atoms with Gasteiger partial charge in [0.05, 0.1) is 10.7 Å². The lowest BCUT2D eigenvalue weighted by Crippen LogP contribution is -2.11. The normalized spacial score (nSPS) is 10.3. The molecule has 0 bridgehead atoms. The minimum absolute atomic E-state index is 0.336. The first-order valence-electron chi connectivity index (χ1n) is 5.29. The van der Waals surface area contributed by atoms with E-state index in [9.17, 15) is 0 Å². The Morgan fingerprint density at radius 1 is 1.05 bits per heavy atom. The molecule has 19 heavy (non-hydrogen) atoms. The van der Waals surface area contributed by atoms with Gasteiger partial charge in [0.15, 0.2) is 0 Å². The summed E-state index contributed by atoms with van der Waals surface area (Å²) in [6.07, 6.45) is 0. The van der Waals surface area contributed by atoms with E-state index >= 15 is 0 Å². The number of rotatable bonds is 3. The van der Waals surface area contributed by atoms with Crippen molar-refractivity contribution in [2.24, 2.45) is 5.73 Å². The van der Waals surface area contributed by atoms with Crippen LogP contribution in [0, 0.1) is 0 Å². The first-order valence-corrected chi connectivity index (χ1v) is 7.66. The second-order valence-electron chi connectivity index (χ2n) is 3.80. The fourth-order valence-corrected chi connectivity index (χ4v) is 2.83. The number of nitrogens with two attached hydrogens (primary N) is 1. The molecule has 0 aliphatic heterocycles. The second-order valence-corrected chi connectivity index (χ2v) is 6.48. The topological polar surface area (TPSA) is 38.0 Å². The van der Waals surface area contributed by atoms with E-state index < -0.39 is 0 Å². The van der Waals surface area contributed by atoms with Crippen LogP contribution in [0.5, 0.6) is 0 Å². The van der Waals surface area contributed by atoms with Crippen molar-refractivity contribution < 1.29 is 0 Å². The van der Waals surface area contributed by atoms with Gasteiger partial charge in [-0.25, -0.2) is 0 Å². The Bertz CT molecular complexity index is 647. The van der Waals surface area contributed by atoms with E-state index in [2.05, 4.69) is 37.2 Å². The Hall–Kier alpha value is -0.620. The van der Waals surface area contributed by atoms with E-state index in [1.807, 2.05) is 36.4 Å². The van der Waals surface area contributed by atoms with Crippen LogP contribution >= 0.6 is 55.7 Å². The van der Waals surface area contributed by atoms with Gasteiger partial charge in [0.2, 0.25) is 0 Å². The molecule has 2 rings (SSSR count). The molecular weight excluding hydrogens is 411 g/mol. The maximum Gasteiger partial charge on any atom is 0.106 e. The molecule has 0 fully saturated rings. The summed E-state index contributed by atoms with van der Waals surface area (Å²) in [5, 5.41) is 3.85. The predicted molar refractivity (Wildman–Crippen MR) is 92.5 cm³/mol. The van der Waals surface area contributed by atoms with Crippen LogP contribution in [0.2, 0.25) is 5.02 Å². The van der Waals surface area contributed by atoms with Crippen LogP contribution in [-0.2, 0) is 0 Å². The van der Waals surface area contributed by atoms with Crippen molar-refractivity contribution in [1.82, 2.24) is 0 Å². The van der Waals surface area contributed by atoms with Gasteiger partial charge in [-0.05, 0) is 36.4 Å². The molecule has 0 saturated heterocycles. The van der Waals surface area contributed by atoms with Gasteiger partial charge >= 0.3 is 0 Å². The van der Waals surface area contributed by atoms with E-state index in [0.717, 1.165) is 25.9 Å².